The Hall–Kier alpha value is -2.89. The highest BCUT2D eigenvalue weighted by Crippen LogP contribution is 2.38. The van der Waals surface area contributed by atoms with E-state index >= 15 is 0 Å². The topological polar surface area (TPSA) is 74.3 Å². The van der Waals surface area contributed by atoms with Gasteiger partial charge in [-0.15, -0.1) is 0 Å². The number of fused-ring (bicyclic) bond motifs is 1. The predicted octanol–water partition coefficient (Wildman–Crippen LogP) is 3.94. The summed E-state index contributed by atoms with van der Waals surface area (Å²) in [4.78, 5) is 28.8. The molecule has 6 nitrogen and oxygen atoms in total. The summed E-state index contributed by atoms with van der Waals surface area (Å²) in [7, 11) is 0. The molecule has 1 saturated carbocycles. The van der Waals surface area contributed by atoms with Crippen LogP contribution in [0.5, 0.6) is 0 Å². The van der Waals surface area contributed by atoms with Crippen LogP contribution in [0.15, 0.2) is 34.7 Å². The first-order valence-corrected chi connectivity index (χ1v) is 9.24. The lowest BCUT2D eigenvalue weighted by molar-refractivity contribution is -0.142. The third-order valence-electron chi connectivity index (χ3n) is 4.94. The summed E-state index contributed by atoms with van der Waals surface area (Å²) < 4.78 is 13.0. The van der Waals surface area contributed by atoms with Crippen molar-refractivity contribution < 1.29 is 18.7 Å². The second kappa shape index (κ2) is 7.02. The first-order valence-electron chi connectivity index (χ1n) is 9.24. The smallest absolute Gasteiger partial charge is 0.306 e. The molecular formula is C21H22N2O4. The van der Waals surface area contributed by atoms with Gasteiger partial charge in [0, 0.05) is 29.4 Å². The molecule has 140 valence electrons. The number of hydrogen-bond acceptors (Lipinski definition) is 5. The second-order valence-corrected chi connectivity index (χ2v) is 7.05. The molecule has 0 saturated heterocycles. The Morgan fingerprint density at radius 2 is 2.04 bits per heavy atom. The number of oxazole rings is 1. The van der Waals surface area contributed by atoms with Crippen LogP contribution in [0.2, 0.25) is 0 Å². The lowest BCUT2D eigenvalue weighted by Gasteiger charge is -2.07. The van der Waals surface area contributed by atoms with Crippen LogP contribution >= 0.6 is 0 Å². The van der Waals surface area contributed by atoms with Crippen LogP contribution in [0.4, 0.5) is 0 Å². The van der Waals surface area contributed by atoms with Crippen LogP contribution in [0.3, 0.4) is 0 Å². The van der Waals surface area contributed by atoms with E-state index in [4.69, 9.17) is 9.15 Å². The van der Waals surface area contributed by atoms with Gasteiger partial charge in [-0.25, -0.2) is 4.98 Å². The van der Waals surface area contributed by atoms with Crippen LogP contribution in [0.25, 0.3) is 11.1 Å². The number of esters is 1. The predicted molar refractivity (Wildman–Crippen MR) is 99.8 cm³/mol. The van der Waals surface area contributed by atoms with E-state index in [-0.39, 0.29) is 18.8 Å². The highest BCUT2D eigenvalue weighted by atomic mass is 16.5. The number of carbonyl (C=O) groups excluding carboxylic acids is 2. The largest absolute Gasteiger partial charge is 0.457 e. The third kappa shape index (κ3) is 3.65. The van der Waals surface area contributed by atoms with E-state index in [1.165, 1.54) is 0 Å². The Kier molecular flexibility index (Phi) is 4.56. The molecule has 1 aromatic carbocycles. The van der Waals surface area contributed by atoms with Gasteiger partial charge in [0.2, 0.25) is 5.78 Å². The average Bonchev–Trinajstić information content (AvgIpc) is 3.32. The second-order valence-electron chi connectivity index (χ2n) is 7.05. The standard InChI is InChI=1S/C21H22N2O4/c1-13-11-16(14(2)23(13)15-7-8-15)18(24)12-26-21(25)10-9-20-22-17-5-3-4-6-19(17)27-20/h3-6,11,15H,7-10,12H2,1-2H3. The maximum absolute atomic E-state index is 12.4. The molecule has 0 spiro atoms. The number of ketones is 1. The van der Waals surface area contributed by atoms with E-state index in [9.17, 15) is 9.59 Å². The van der Waals surface area contributed by atoms with Gasteiger partial charge in [0.1, 0.15) is 5.52 Å². The fourth-order valence-corrected chi connectivity index (χ4v) is 3.49. The fourth-order valence-electron chi connectivity index (χ4n) is 3.49. The number of rotatable bonds is 7. The Balaban J connectivity index is 1.31. The van der Waals surface area contributed by atoms with Crippen LogP contribution < -0.4 is 0 Å². The van der Waals surface area contributed by atoms with Gasteiger partial charge in [0.25, 0.3) is 0 Å². The number of nitrogens with zero attached hydrogens (tertiary/aromatic N) is 2. The zero-order valence-corrected chi connectivity index (χ0v) is 15.5. The molecule has 0 atom stereocenters. The summed E-state index contributed by atoms with van der Waals surface area (Å²) >= 11 is 0. The normalized spacial score (nSPS) is 13.9. The van der Waals surface area contributed by atoms with E-state index in [1.54, 1.807) is 0 Å². The van der Waals surface area contributed by atoms with Crippen molar-refractivity contribution in [3.05, 3.63) is 53.2 Å². The molecule has 0 bridgehead atoms. The van der Waals surface area contributed by atoms with Crippen molar-refractivity contribution in [3.63, 3.8) is 0 Å². The number of carbonyl (C=O) groups is 2. The molecule has 4 rings (SSSR count). The van der Waals surface area contributed by atoms with Crippen molar-refractivity contribution in [2.45, 2.75) is 45.6 Å². The number of benzene rings is 1. The van der Waals surface area contributed by atoms with E-state index in [0.29, 0.717) is 29.5 Å². The molecule has 1 aliphatic carbocycles. The van der Waals surface area contributed by atoms with Crippen molar-refractivity contribution in [3.8, 4) is 0 Å². The quantitative estimate of drug-likeness (QED) is 0.468. The third-order valence-corrected chi connectivity index (χ3v) is 4.94. The van der Waals surface area contributed by atoms with E-state index in [2.05, 4.69) is 9.55 Å². The number of para-hydroxylation sites is 2. The number of ether oxygens (including phenoxy) is 1. The minimum atomic E-state index is -0.429. The lowest BCUT2D eigenvalue weighted by Crippen LogP contribution is -2.15. The van der Waals surface area contributed by atoms with Crippen LogP contribution in [0.1, 0.15) is 52.9 Å². The SMILES string of the molecule is Cc1cc(C(=O)COC(=O)CCc2nc3ccccc3o2)c(C)n1C1CC1. The number of aryl methyl sites for hydroxylation is 2. The van der Waals surface area contributed by atoms with Crippen LogP contribution in [0, 0.1) is 13.8 Å². The Labute approximate surface area is 157 Å². The summed E-state index contributed by atoms with van der Waals surface area (Å²) in [5.74, 6) is -0.0979. The van der Waals surface area contributed by atoms with Crippen molar-refractivity contribution in [1.82, 2.24) is 9.55 Å². The molecule has 2 aromatic heterocycles. The number of hydrogen-bond donors (Lipinski definition) is 0. The first-order chi connectivity index (χ1) is 13.0. The maximum Gasteiger partial charge on any atom is 0.306 e. The van der Waals surface area contributed by atoms with Gasteiger partial charge in [-0.05, 0) is 44.9 Å². The minimum absolute atomic E-state index is 0.126. The van der Waals surface area contributed by atoms with Gasteiger partial charge >= 0.3 is 5.97 Å². The van der Waals surface area contributed by atoms with Crippen molar-refractivity contribution in [2.75, 3.05) is 6.61 Å². The molecule has 0 unspecified atom stereocenters. The first kappa shape index (κ1) is 17.5. The lowest BCUT2D eigenvalue weighted by atomic mass is 10.1. The van der Waals surface area contributed by atoms with Gasteiger partial charge in [0.15, 0.2) is 18.1 Å². The monoisotopic (exact) mass is 366 g/mol. The highest BCUT2D eigenvalue weighted by molar-refractivity contribution is 5.99. The summed E-state index contributed by atoms with van der Waals surface area (Å²) in [5, 5.41) is 0. The average molecular weight is 366 g/mol. The van der Waals surface area contributed by atoms with Gasteiger partial charge < -0.3 is 13.7 Å². The molecule has 3 aromatic rings. The summed E-state index contributed by atoms with van der Waals surface area (Å²) in [6.07, 6.45) is 2.79. The Morgan fingerprint density at radius 3 is 2.78 bits per heavy atom. The van der Waals surface area contributed by atoms with Crippen LogP contribution in [-0.4, -0.2) is 27.9 Å². The molecule has 1 fully saturated rings. The molecule has 27 heavy (non-hydrogen) atoms. The van der Waals surface area contributed by atoms with Gasteiger partial charge in [0.05, 0.1) is 6.42 Å². The summed E-state index contributed by atoms with van der Waals surface area (Å²) in [5.41, 5.74) is 4.15. The minimum Gasteiger partial charge on any atom is -0.457 e. The van der Waals surface area contributed by atoms with Crippen molar-refractivity contribution in [2.24, 2.45) is 0 Å². The molecule has 0 aliphatic heterocycles. The number of Topliss-reactive ketones (excluding diaryl/α,β-unsaturated/α-hetero) is 1. The molecule has 6 heteroatoms. The van der Waals surface area contributed by atoms with E-state index < -0.39 is 5.97 Å². The van der Waals surface area contributed by atoms with Gasteiger partial charge in [-0.1, -0.05) is 12.1 Å². The molecule has 0 radical (unpaired) electrons. The summed E-state index contributed by atoms with van der Waals surface area (Å²) in [6, 6.07) is 9.86. The molecule has 0 amide bonds. The van der Waals surface area contributed by atoms with Crippen molar-refractivity contribution in [1.29, 1.82) is 0 Å². The molecule has 2 heterocycles. The summed E-state index contributed by atoms with van der Waals surface area (Å²) in [6.45, 7) is 3.73. The Morgan fingerprint density at radius 1 is 1.26 bits per heavy atom. The fraction of sp³-hybridized carbons (Fsp3) is 0.381. The molecule has 0 N–H and O–H groups in total. The zero-order chi connectivity index (χ0) is 19.0. The van der Waals surface area contributed by atoms with Crippen molar-refractivity contribution >= 4 is 22.9 Å². The van der Waals surface area contributed by atoms with Crippen LogP contribution in [-0.2, 0) is 16.0 Å². The highest BCUT2D eigenvalue weighted by Gasteiger charge is 2.28. The van der Waals surface area contributed by atoms with Gasteiger partial charge in [-0.2, -0.15) is 0 Å². The number of aromatic nitrogens is 2. The maximum atomic E-state index is 12.4. The Bertz CT molecular complexity index is 978. The van der Waals surface area contributed by atoms with E-state index in [1.807, 2.05) is 44.2 Å². The zero-order valence-electron chi connectivity index (χ0n) is 15.5. The molecule has 1 aliphatic rings. The molecular weight excluding hydrogens is 344 g/mol. The van der Waals surface area contributed by atoms with Gasteiger partial charge in [-0.3, -0.25) is 9.59 Å². The van der Waals surface area contributed by atoms with E-state index in [0.717, 1.165) is 29.7 Å².